The molecule has 1 aliphatic heterocycles. The van der Waals surface area contributed by atoms with Crippen LogP contribution >= 0.6 is 0 Å². The Morgan fingerprint density at radius 3 is 2.23 bits per heavy atom. The van der Waals surface area contributed by atoms with Gasteiger partial charge in [0.1, 0.15) is 0 Å². The molecular weight excluding hydrogens is 351 g/mol. The Morgan fingerprint density at radius 2 is 1.50 bits per heavy atom. The van der Waals surface area contributed by atoms with Crippen molar-refractivity contribution in [1.29, 1.82) is 0 Å². The van der Waals surface area contributed by atoms with Crippen molar-refractivity contribution in [3.8, 4) is 11.1 Å². The Morgan fingerprint density at radius 1 is 0.773 bits per heavy atom. The van der Waals surface area contributed by atoms with Crippen LogP contribution in [-0.2, 0) is 32.7 Å². The zero-order chi connectivity index (χ0) is 14.4. The third kappa shape index (κ3) is 2.21. The largest absolute Gasteiger partial charge is 0.290 e. The Kier molecular flexibility index (Phi) is 3.94. The third-order valence-electron chi connectivity index (χ3n) is 3.67. The van der Waals surface area contributed by atoms with Crippen molar-refractivity contribution in [3.63, 3.8) is 0 Å². The smallest absolute Gasteiger partial charge is 0.249 e. The molecule has 1 aliphatic rings. The maximum Gasteiger partial charge on any atom is 0.249 e. The maximum absolute atomic E-state index is 12.0. The van der Waals surface area contributed by atoms with Crippen molar-refractivity contribution in [2.24, 2.45) is 0 Å². The van der Waals surface area contributed by atoms with Crippen LogP contribution in [0.5, 0.6) is 0 Å². The zero-order valence-corrected chi connectivity index (χ0v) is 14.4. The van der Waals surface area contributed by atoms with E-state index in [4.69, 9.17) is 0 Å². The van der Waals surface area contributed by atoms with Crippen molar-refractivity contribution >= 4 is 22.6 Å². The van der Waals surface area contributed by atoms with E-state index in [1.54, 1.807) is 18.2 Å². The first-order valence-corrected chi connectivity index (χ1v) is 6.56. The minimum absolute atomic E-state index is 0. The van der Waals surface area contributed by atoms with Crippen LogP contribution in [0.4, 0.5) is 0 Å². The van der Waals surface area contributed by atoms with Gasteiger partial charge in [-0.15, -0.1) is 65.0 Å². The average molecular weight is 360 g/mol. The van der Waals surface area contributed by atoms with E-state index in [2.05, 4.69) is 17.4 Å². The Hall–Kier alpha value is -1.84. The summed E-state index contributed by atoms with van der Waals surface area (Å²) in [6.07, 6.45) is 0. The molecule has 0 spiro atoms. The van der Waals surface area contributed by atoms with Crippen LogP contribution in [0.3, 0.4) is 0 Å². The van der Waals surface area contributed by atoms with Crippen LogP contribution in [0.1, 0.15) is 20.7 Å². The quantitative estimate of drug-likeness (QED) is 0.536. The van der Waals surface area contributed by atoms with Gasteiger partial charge in [-0.3, -0.25) is 14.9 Å². The number of nitrogens with one attached hydrogen (secondary N) is 1. The predicted octanol–water partition coefficient (Wildman–Crippen LogP) is 2.99. The van der Waals surface area contributed by atoms with Gasteiger partial charge in [0.15, 0.2) is 0 Å². The van der Waals surface area contributed by atoms with Crippen LogP contribution in [0, 0.1) is 12.1 Å². The van der Waals surface area contributed by atoms with E-state index in [9.17, 15) is 9.59 Å². The molecule has 1 radical (unpaired) electrons. The molecule has 0 unspecified atom stereocenters. The first-order chi connectivity index (χ1) is 10.3. The summed E-state index contributed by atoms with van der Waals surface area (Å²) in [5.41, 5.74) is 2.85. The van der Waals surface area contributed by atoms with E-state index in [1.807, 2.05) is 30.3 Å². The third-order valence-corrected chi connectivity index (χ3v) is 3.67. The molecule has 3 aromatic rings. The van der Waals surface area contributed by atoms with Gasteiger partial charge in [0.2, 0.25) is 11.8 Å². The number of benzene rings is 3. The van der Waals surface area contributed by atoms with Crippen LogP contribution in [0.15, 0.2) is 48.5 Å². The normalized spacial score (nSPS) is 12.7. The monoisotopic (exact) mass is 360 g/mol. The summed E-state index contributed by atoms with van der Waals surface area (Å²) in [5, 5.41) is 3.80. The molecule has 0 fully saturated rings. The first-order valence-electron chi connectivity index (χ1n) is 6.56. The molecular formula is C18H9NO2Y-2. The molecule has 103 valence electrons. The topological polar surface area (TPSA) is 46.2 Å². The number of amides is 2. The van der Waals surface area contributed by atoms with E-state index in [0.717, 1.165) is 16.5 Å². The molecule has 0 aromatic heterocycles. The van der Waals surface area contributed by atoms with Gasteiger partial charge >= 0.3 is 0 Å². The molecule has 4 rings (SSSR count). The number of carbonyl (C=O) groups is 2. The molecule has 0 atom stereocenters. The van der Waals surface area contributed by atoms with Crippen LogP contribution < -0.4 is 5.32 Å². The molecule has 2 amide bonds. The van der Waals surface area contributed by atoms with E-state index in [-0.39, 0.29) is 44.5 Å². The van der Waals surface area contributed by atoms with Gasteiger partial charge < -0.3 is 0 Å². The van der Waals surface area contributed by atoms with Crippen LogP contribution in [0.25, 0.3) is 21.9 Å². The summed E-state index contributed by atoms with van der Waals surface area (Å²) in [5.74, 6) is -0.721. The molecule has 0 aliphatic carbocycles. The van der Waals surface area contributed by atoms with Gasteiger partial charge in [0.05, 0.1) is 0 Å². The van der Waals surface area contributed by atoms with Crippen molar-refractivity contribution in [2.75, 3.05) is 0 Å². The first kappa shape index (κ1) is 15.1. The van der Waals surface area contributed by atoms with E-state index in [1.165, 1.54) is 0 Å². The molecule has 22 heavy (non-hydrogen) atoms. The molecule has 4 heteroatoms. The summed E-state index contributed by atoms with van der Waals surface area (Å²) in [6.45, 7) is 0. The van der Waals surface area contributed by atoms with Gasteiger partial charge in [0, 0.05) is 38.3 Å². The van der Waals surface area contributed by atoms with Gasteiger partial charge in [-0.2, -0.15) is 0 Å². The fourth-order valence-corrected chi connectivity index (χ4v) is 2.73. The Bertz CT molecular complexity index is 883. The number of carbonyl (C=O) groups excluding carboxylic acids is 2. The summed E-state index contributed by atoms with van der Waals surface area (Å²) < 4.78 is 0. The van der Waals surface area contributed by atoms with Crippen molar-refractivity contribution in [3.05, 3.63) is 71.8 Å². The number of hydrogen-bond donors (Lipinski definition) is 1. The second kappa shape index (κ2) is 5.75. The molecule has 1 heterocycles. The molecule has 3 nitrogen and oxygen atoms in total. The minimum Gasteiger partial charge on any atom is -0.290 e. The standard InChI is InChI=1S/C18H9NO2.Y/c20-17-14-8-4-7-13-12(11-5-2-1-3-6-11)9-10-15(16(13)14)18(21)19-17;/h1-5,8-10H,(H,19,20,21);/q-2;. The van der Waals surface area contributed by atoms with Crippen LogP contribution in [0.2, 0.25) is 0 Å². The van der Waals surface area contributed by atoms with Gasteiger partial charge in [-0.1, -0.05) is 17.5 Å². The zero-order valence-electron chi connectivity index (χ0n) is 11.5. The number of imide groups is 1. The Labute approximate surface area is 152 Å². The van der Waals surface area contributed by atoms with Crippen LogP contribution in [-0.4, -0.2) is 11.8 Å². The molecule has 3 aromatic carbocycles. The molecule has 0 saturated carbocycles. The van der Waals surface area contributed by atoms with Crippen molar-refractivity contribution in [1.82, 2.24) is 5.32 Å². The molecule has 0 saturated heterocycles. The fourth-order valence-electron chi connectivity index (χ4n) is 2.73. The summed E-state index contributed by atoms with van der Waals surface area (Å²) >= 11 is 0. The fraction of sp³-hybridized carbons (Fsp3) is 0. The minimum atomic E-state index is -0.360. The summed E-state index contributed by atoms with van der Waals surface area (Å²) in [7, 11) is 0. The number of hydrogen-bond acceptors (Lipinski definition) is 2. The summed E-state index contributed by atoms with van der Waals surface area (Å²) in [6, 6.07) is 21.0. The van der Waals surface area contributed by atoms with Gasteiger partial charge in [-0.25, -0.2) is 0 Å². The maximum atomic E-state index is 12.0. The van der Waals surface area contributed by atoms with E-state index >= 15 is 0 Å². The van der Waals surface area contributed by atoms with Crippen molar-refractivity contribution in [2.45, 2.75) is 0 Å². The second-order valence-corrected chi connectivity index (χ2v) is 4.86. The van der Waals surface area contributed by atoms with Gasteiger partial charge in [-0.05, 0) is 5.56 Å². The average Bonchev–Trinajstić information content (AvgIpc) is 2.53. The van der Waals surface area contributed by atoms with Crippen molar-refractivity contribution < 1.29 is 42.3 Å². The predicted molar refractivity (Wildman–Crippen MR) is 78.9 cm³/mol. The summed E-state index contributed by atoms with van der Waals surface area (Å²) in [4.78, 5) is 24.0. The molecule has 1 N–H and O–H groups in total. The van der Waals surface area contributed by atoms with E-state index < -0.39 is 0 Å². The molecule has 0 bridgehead atoms. The van der Waals surface area contributed by atoms with E-state index in [0.29, 0.717) is 16.5 Å². The number of rotatable bonds is 1. The SMILES string of the molecule is O=C1NC(=O)c2ccc(-c3[c-]cccc3)c3[c-]ccc1c23.[Y]. The van der Waals surface area contributed by atoms with Gasteiger partial charge in [0.25, 0.3) is 0 Å². The Balaban J connectivity index is 0.00000144. The second-order valence-electron chi connectivity index (χ2n) is 4.86.